The van der Waals surface area contributed by atoms with Gasteiger partial charge in [0.25, 0.3) is 0 Å². The molecule has 0 radical (unpaired) electrons. The monoisotopic (exact) mass is 242 g/mol. The minimum absolute atomic E-state index is 0.0371. The van der Waals surface area contributed by atoms with Gasteiger partial charge >= 0.3 is 0 Å². The molecule has 1 aromatic carbocycles. The summed E-state index contributed by atoms with van der Waals surface area (Å²) in [6.45, 7) is 1.97. The number of rotatable bonds is 2. The summed E-state index contributed by atoms with van der Waals surface area (Å²) in [5.41, 5.74) is 0.764. The van der Waals surface area contributed by atoms with Gasteiger partial charge in [-0.3, -0.25) is 4.79 Å². The third-order valence-electron chi connectivity index (χ3n) is 2.74. The average Bonchev–Trinajstić information content (AvgIpc) is 2.94. The predicted molar refractivity (Wildman–Crippen MR) is 68.7 cm³/mol. The number of hydrogen-bond donors (Lipinski definition) is 0. The van der Waals surface area contributed by atoms with E-state index in [9.17, 15) is 4.79 Å². The molecule has 0 aliphatic rings. The van der Waals surface area contributed by atoms with E-state index in [1.807, 2.05) is 31.2 Å². The molecule has 2 nitrogen and oxygen atoms in total. The molecule has 3 rings (SSSR count). The van der Waals surface area contributed by atoms with E-state index in [0.29, 0.717) is 5.76 Å². The zero-order chi connectivity index (χ0) is 11.8. The molecule has 0 spiro atoms. The quantitative estimate of drug-likeness (QED) is 0.635. The molecule has 0 saturated heterocycles. The van der Waals surface area contributed by atoms with Crippen molar-refractivity contribution in [2.75, 3.05) is 0 Å². The van der Waals surface area contributed by atoms with Crippen LogP contribution in [-0.4, -0.2) is 5.78 Å². The molecular weight excluding hydrogens is 232 g/mol. The summed E-state index contributed by atoms with van der Waals surface area (Å²) in [6.07, 6.45) is 1.52. The number of ketones is 1. The summed E-state index contributed by atoms with van der Waals surface area (Å²) < 4.78 is 6.32. The summed E-state index contributed by atoms with van der Waals surface area (Å²) in [5.74, 6) is 0.363. The van der Waals surface area contributed by atoms with Crippen molar-refractivity contribution < 1.29 is 9.21 Å². The zero-order valence-corrected chi connectivity index (χ0v) is 10.1. The second-order valence-corrected chi connectivity index (χ2v) is 5.09. The third kappa shape index (κ3) is 1.59. The van der Waals surface area contributed by atoms with Crippen LogP contribution in [0, 0.1) is 6.92 Å². The Labute approximate surface area is 102 Å². The summed E-state index contributed by atoms with van der Waals surface area (Å²) >= 11 is 1.64. The first kappa shape index (κ1) is 10.3. The molecule has 0 unspecified atom stereocenters. The van der Waals surface area contributed by atoms with E-state index in [2.05, 4.69) is 0 Å². The van der Waals surface area contributed by atoms with Gasteiger partial charge in [-0.2, -0.15) is 0 Å². The van der Waals surface area contributed by atoms with Crippen molar-refractivity contribution in [3.05, 3.63) is 58.9 Å². The Kier molecular flexibility index (Phi) is 2.34. The first-order chi connectivity index (χ1) is 8.27. The number of carbonyl (C=O) groups is 1. The van der Waals surface area contributed by atoms with E-state index in [0.717, 1.165) is 20.5 Å². The Hall–Kier alpha value is -1.87. The Morgan fingerprint density at radius 2 is 2.00 bits per heavy atom. The lowest BCUT2D eigenvalue weighted by Crippen LogP contribution is -1.99. The number of fused-ring (bicyclic) bond motifs is 1. The Bertz CT molecular complexity index is 677. The second kappa shape index (κ2) is 3.86. The van der Waals surface area contributed by atoms with Crippen LogP contribution < -0.4 is 0 Å². The maximum atomic E-state index is 12.3. The van der Waals surface area contributed by atoms with Crippen LogP contribution in [0.4, 0.5) is 0 Å². The lowest BCUT2D eigenvalue weighted by molar-refractivity contribution is 0.101. The number of benzene rings is 1. The second-order valence-electron chi connectivity index (χ2n) is 3.84. The molecule has 3 heteroatoms. The first-order valence-electron chi connectivity index (χ1n) is 5.33. The highest BCUT2D eigenvalue weighted by molar-refractivity contribution is 7.19. The van der Waals surface area contributed by atoms with E-state index < -0.39 is 0 Å². The Morgan fingerprint density at radius 1 is 1.18 bits per heavy atom. The van der Waals surface area contributed by atoms with Gasteiger partial charge in [-0.05, 0) is 25.1 Å². The van der Waals surface area contributed by atoms with Gasteiger partial charge in [-0.1, -0.05) is 18.2 Å². The molecule has 0 saturated carbocycles. The largest absolute Gasteiger partial charge is 0.461 e. The summed E-state index contributed by atoms with van der Waals surface area (Å²) in [5, 5.41) is 1.01. The average molecular weight is 242 g/mol. The Balaban J connectivity index is 2.24. The van der Waals surface area contributed by atoms with Crippen molar-refractivity contribution in [3.8, 4) is 0 Å². The van der Waals surface area contributed by atoms with Crippen molar-refractivity contribution >= 4 is 27.2 Å². The molecule has 0 atom stereocenters. The van der Waals surface area contributed by atoms with Crippen LogP contribution in [0.5, 0.6) is 0 Å². The standard InChI is InChI=1S/C14H10O2S/c1-9-13(14(15)11-6-4-8-16-11)10-5-2-3-7-12(10)17-9/h2-8H,1H3. The minimum Gasteiger partial charge on any atom is -0.461 e. The fraction of sp³-hybridized carbons (Fsp3) is 0.0714. The van der Waals surface area contributed by atoms with Crippen LogP contribution in [0.1, 0.15) is 21.0 Å². The highest BCUT2D eigenvalue weighted by atomic mass is 32.1. The van der Waals surface area contributed by atoms with Gasteiger partial charge in [-0.15, -0.1) is 11.3 Å². The van der Waals surface area contributed by atoms with Gasteiger partial charge in [0.15, 0.2) is 5.76 Å². The zero-order valence-electron chi connectivity index (χ0n) is 9.27. The number of thiophene rings is 1. The third-order valence-corrected chi connectivity index (χ3v) is 3.83. The fourth-order valence-corrected chi connectivity index (χ4v) is 3.04. The van der Waals surface area contributed by atoms with E-state index in [4.69, 9.17) is 4.42 Å². The van der Waals surface area contributed by atoms with Crippen molar-refractivity contribution in [3.63, 3.8) is 0 Å². The summed E-state index contributed by atoms with van der Waals surface area (Å²) in [4.78, 5) is 13.4. The molecular formula is C14H10O2S. The summed E-state index contributed by atoms with van der Waals surface area (Å²) in [6, 6.07) is 11.4. The molecule has 2 aromatic heterocycles. The lowest BCUT2D eigenvalue weighted by atomic mass is 10.1. The van der Waals surface area contributed by atoms with Gasteiger partial charge in [-0.25, -0.2) is 0 Å². The molecule has 3 aromatic rings. The van der Waals surface area contributed by atoms with Gasteiger partial charge in [0.05, 0.1) is 6.26 Å². The molecule has 0 N–H and O–H groups in total. The van der Waals surface area contributed by atoms with Gasteiger partial charge in [0.1, 0.15) is 0 Å². The molecule has 0 bridgehead atoms. The van der Waals surface area contributed by atoms with Crippen LogP contribution in [-0.2, 0) is 0 Å². The van der Waals surface area contributed by atoms with Gasteiger partial charge < -0.3 is 4.42 Å². The highest BCUT2D eigenvalue weighted by Crippen LogP contribution is 2.32. The van der Waals surface area contributed by atoms with Crippen LogP contribution in [0.3, 0.4) is 0 Å². The number of furan rings is 1. The smallest absolute Gasteiger partial charge is 0.229 e. The van der Waals surface area contributed by atoms with Crippen LogP contribution in [0.15, 0.2) is 47.1 Å². The van der Waals surface area contributed by atoms with Gasteiger partial charge in [0.2, 0.25) is 5.78 Å². The normalized spacial score (nSPS) is 10.9. The molecule has 0 aliphatic heterocycles. The van der Waals surface area contributed by atoms with Crippen LogP contribution >= 0.6 is 11.3 Å². The Morgan fingerprint density at radius 3 is 2.76 bits per heavy atom. The number of aryl methyl sites for hydroxylation is 1. The van der Waals surface area contributed by atoms with Gasteiger partial charge in [0, 0.05) is 20.5 Å². The SMILES string of the molecule is Cc1sc2ccccc2c1C(=O)c1ccco1. The van der Waals surface area contributed by atoms with E-state index in [1.54, 1.807) is 23.5 Å². The maximum Gasteiger partial charge on any atom is 0.229 e. The summed E-state index contributed by atoms with van der Waals surface area (Å²) in [7, 11) is 0. The van der Waals surface area contributed by atoms with Crippen molar-refractivity contribution in [1.29, 1.82) is 0 Å². The number of carbonyl (C=O) groups excluding carboxylic acids is 1. The molecule has 0 amide bonds. The molecule has 84 valence electrons. The highest BCUT2D eigenvalue weighted by Gasteiger charge is 2.19. The van der Waals surface area contributed by atoms with E-state index in [1.165, 1.54) is 6.26 Å². The lowest BCUT2D eigenvalue weighted by Gasteiger charge is -1.97. The van der Waals surface area contributed by atoms with Crippen LogP contribution in [0.2, 0.25) is 0 Å². The maximum absolute atomic E-state index is 12.3. The molecule has 0 aliphatic carbocycles. The van der Waals surface area contributed by atoms with E-state index in [-0.39, 0.29) is 5.78 Å². The predicted octanol–water partition coefficient (Wildman–Crippen LogP) is 4.03. The van der Waals surface area contributed by atoms with E-state index >= 15 is 0 Å². The molecule has 17 heavy (non-hydrogen) atoms. The molecule has 0 fully saturated rings. The van der Waals surface area contributed by atoms with Crippen molar-refractivity contribution in [2.45, 2.75) is 6.92 Å². The van der Waals surface area contributed by atoms with Crippen molar-refractivity contribution in [1.82, 2.24) is 0 Å². The topological polar surface area (TPSA) is 30.2 Å². The number of hydrogen-bond acceptors (Lipinski definition) is 3. The van der Waals surface area contributed by atoms with Crippen molar-refractivity contribution in [2.24, 2.45) is 0 Å². The fourth-order valence-electron chi connectivity index (χ4n) is 1.98. The molecule has 2 heterocycles. The first-order valence-corrected chi connectivity index (χ1v) is 6.15. The van der Waals surface area contributed by atoms with Crippen LogP contribution in [0.25, 0.3) is 10.1 Å². The minimum atomic E-state index is -0.0371.